The molecule has 0 fully saturated rings. The van der Waals surface area contributed by atoms with E-state index < -0.39 is 0 Å². The Morgan fingerprint density at radius 1 is 1.47 bits per heavy atom. The van der Waals surface area contributed by atoms with Crippen LogP contribution in [0.1, 0.15) is 5.56 Å². The SMILES string of the molecule is Cn1cncc1-c1c(F)cccc1CCl. The molecule has 0 aliphatic carbocycles. The van der Waals surface area contributed by atoms with Gasteiger partial charge in [-0.1, -0.05) is 12.1 Å². The maximum Gasteiger partial charge on any atom is 0.132 e. The summed E-state index contributed by atoms with van der Waals surface area (Å²) in [6, 6.07) is 4.91. The molecule has 0 aliphatic rings. The second-order valence-corrected chi connectivity index (χ2v) is 3.56. The maximum absolute atomic E-state index is 13.7. The minimum absolute atomic E-state index is 0.267. The van der Waals surface area contributed by atoms with Crippen LogP contribution in [0.2, 0.25) is 0 Å². The Kier molecular flexibility index (Phi) is 2.73. The van der Waals surface area contributed by atoms with Crippen LogP contribution in [-0.4, -0.2) is 9.55 Å². The maximum atomic E-state index is 13.7. The first-order chi connectivity index (χ1) is 7.24. The van der Waals surface area contributed by atoms with E-state index in [-0.39, 0.29) is 11.7 Å². The van der Waals surface area contributed by atoms with Crippen molar-refractivity contribution in [2.24, 2.45) is 7.05 Å². The smallest absolute Gasteiger partial charge is 0.132 e. The van der Waals surface area contributed by atoms with E-state index in [2.05, 4.69) is 4.98 Å². The van der Waals surface area contributed by atoms with Crippen LogP contribution in [-0.2, 0) is 12.9 Å². The Balaban J connectivity index is 2.66. The van der Waals surface area contributed by atoms with E-state index in [0.29, 0.717) is 5.56 Å². The third kappa shape index (κ3) is 1.75. The van der Waals surface area contributed by atoms with Gasteiger partial charge in [0.2, 0.25) is 0 Å². The molecule has 2 rings (SSSR count). The van der Waals surface area contributed by atoms with Gasteiger partial charge in [-0.05, 0) is 11.6 Å². The molecule has 4 heteroatoms. The van der Waals surface area contributed by atoms with Crippen molar-refractivity contribution in [1.82, 2.24) is 9.55 Å². The number of nitrogens with zero attached hydrogens (tertiary/aromatic N) is 2. The molecule has 78 valence electrons. The van der Waals surface area contributed by atoms with Crippen LogP contribution in [0.4, 0.5) is 4.39 Å². The molecule has 0 bridgehead atoms. The topological polar surface area (TPSA) is 17.8 Å². The quantitative estimate of drug-likeness (QED) is 0.718. The van der Waals surface area contributed by atoms with E-state index in [1.54, 1.807) is 23.2 Å². The van der Waals surface area contributed by atoms with Crippen LogP contribution < -0.4 is 0 Å². The molecule has 2 nitrogen and oxygen atoms in total. The first-order valence-electron chi connectivity index (χ1n) is 4.54. The number of rotatable bonds is 2. The molecule has 0 N–H and O–H groups in total. The van der Waals surface area contributed by atoms with Gasteiger partial charge in [0.1, 0.15) is 5.82 Å². The number of imidazole rings is 1. The van der Waals surface area contributed by atoms with Crippen molar-refractivity contribution in [2.45, 2.75) is 5.88 Å². The molecule has 0 saturated carbocycles. The predicted molar refractivity (Wildman–Crippen MR) is 58.2 cm³/mol. The van der Waals surface area contributed by atoms with E-state index in [0.717, 1.165) is 11.3 Å². The number of hydrogen-bond acceptors (Lipinski definition) is 1. The highest BCUT2D eigenvalue weighted by molar-refractivity contribution is 6.17. The Labute approximate surface area is 92.3 Å². The van der Waals surface area contributed by atoms with E-state index in [9.17, 15) is 4.39 Å². The largest absolute Gasteiger partial charge is 0.334 e. The fourth-order valence-electron chi connectivity index (χ4n) is 1.57. The van der Waals surface area contributed by atoms with Crippen molar-refractivity contribution in [3.8, 4) is 11.3 Å². The van der Waals surface area contributed by atoms with Crippen LogP contribution in [0.25, 0.3) is 11.3 Å². The summed E-state index contributed by atoms with van der Waals surface area (Å²) in [5, 5.41) is 0. The molecule has 1 aromatic heterocycles. The third-order valence-corrected chi connectivity index (χ3v) is 2.60. The summed E-state index contributed by atoms with van der Waals surface area (Å²) in [6.07, 6.45) is 3.27. The van der Waals surface area contributed by atoms with Gasteiger partial charge in [-0.25, -0.2) is 9.37 Å². The lowest BCUT2D eigenvalue weighted by Crippen LogP contribution is -1.96. The van der Waals surface area contributed by atoms with Gasteiger partial charge in [-0.2, -0.15) is 0 Å². The van der Waals surface area contributed by atoms with Gasteiger partial charge >= 0.3 is 0 Å². The molecular weight excluding hydrogens is 215 g/mol. The number of alkyl halides is 1. The molecule has 0 saturated heterocycles. The van der Waals surface area contributed by atoms with Crippen LogP contribution in [0.5, 0.6) is 0 Å². The predicted octanol–water partition coefficient (Wildman–Crippen LogP) is 2.97. The Bertz CT molecular complexity index is 479. The Morgan fingerprint density at radius 2 is 2.27 bits per heavy atom. The first kappa shape index (κ1) is 10.2. The van der Waals surface area contributed by atoms with Crippen LogP contribution >= 0.6 is 11.6 Å². The Hall–Kier alpha value is -1.35. The lowest BCUT2D eigenvalue weighted by Gasteiger charge is -2.08. The summed E-state index contributed by atoms with van der Waals surface area (Å²) < 4.78 is 15.5. The number of benzene rings is 1. The number of hydrogen-bond donors (Lipinski definition) is 0. The van der Waals surface area contributed by atoms with Crippen molar-refractivity contribution in [3.63, 3.8) is 0 Å². The van der Waals surface area contributed by atoms with Crippen LogP contribution in [0.15, 0.2) is 30.7 Å². The van der Waals surface area contributed by atoms with Crippen LogP contribution in [0, 0.1) is 5.82 Å². The molecule has 0 spiro atoms. The average molecular weight is 225 g/mol. The number of aromatic nitrogens is 2. The van der Waals surface area contributed by atoms with Gasteiger partial charge in [0.05, 0.1) is 18.2 Å². The second-order valence-electron chi connectivity index (χ2n) is 3.30. The Morgan fingerprint density at radius 3 is 2.87 bits per heavy atom. The van der Waals surface area contributed by atoms with Crippen molar-refractivity contribution < 1.29 is 4.39 Å². The van der Waals surface area contributed by atoms with Crippen molar-refractivity contribution in [2.75, 3.05) is 0 Å². The third-order valence-electron chi connectivity index (χ3n) is 2.32. The monoisotopic (exact) mass is 224 g/mol. The summed E-state index contributed by atoms with van der Waals surface area (Å²) >= 11 is 5.78. The molecule has 0 amide bonds. The molecule has 0 aliphatic heterocycles. The zero-order valence-corrected chi connectivity index (χ0v) is 9.00. The zero-order valence-electron chi connectivity index (χ0n) is 8.24. The molecule has 1 aromatic carbocycles. The van der Waals surface area contributed by atoms with Gasteiger partial charge in [-0.3, -0.25) is 0 Å². The standard InChI is InChI=1S/C11H10ClFN2/c1-15-7-14-6-10(15)11-8(5-12)3-2-4-9(11)13/h2-4,6-7H,5H2,1H3. The molecule has 0 unspecified atom stereocenters. The normalized spacial score (nSPS) is 10.6. The fraction of sp³-hybridized carbons (Fsp3) is 0.182. The minimum Gasteiger partial charge on any atom is -0.334 e. The summed E-state index contributed by atoms with van der Waals surface area (Å²) in [7, 11) is 1.83. The molecular formula is C11H10ClFN2. The van der Waals surface area contributed by atoms with Gasteiger partial charge in [0, 0.05) is 18.5 Å². The summed E-state index contributed by atoms with van der Waals surface area (Å²) in [6.45, 7) is 0. The second kappa shape index (κ2) is 4.03. The molecule has 15 heavy (non-hydrogen) atoms. The lowest BCUT2D eigenvalue weighted by molar-refractivity contribution is 0.628. The van der Waals surface area contributed by atoms with Gasteiger partial charge < -0.3 is 4.57 Å². The van der Waals surface area contributed by atoms with Crippen molar-refractivity contribution in [1.29, 1.82) is 0 Å². The highest BCUT2D eigenvalue weighted by Gasteiger charge is 2.12. The zero-order chi connectivity index (χ0) is 10.8. The first-order valence-corrected chi connectivity index (χ1v) is 5.07. The van der Waals surface area contributed by atoms with E-state index in [1.807, 2.05) is 13.1 Å². The molecule has 0 atom stereocenters. The minimum atomic E-state index is -0.267. The number of halogens is 2. The number of aryl methyl sites for hydroxylation is 1. The summed E-state index contributed by atoms with van der Waals surface area (Å²) in [4.78, 5) is 3.97. The van der Waals surface area contributed by atoms with Crippen molar-refractivity contribution in [3.05, 3.63) is 42.1 Å². The van der Waals surface area contributed by atoms with Gasteiger partial charge in [0.25, 0.3) is 0 Å². The van der Waals surface area contributed by atoms with E-state index >= 15 is 0 Å². The average Bonchev–Trinajstić information content (AvgIpc) is 2.64. The van der Waals surface area contributed by atoms with Crippen LogP contribution in [0.3, 0.4) is 0 Å². The van der Waals surface area contributed by atoms with Gasteiger partial charge in [-0.15, -0.1) is 11.6 Å². The van der Waals surface area contributed by atoms with E-state index in [4.69, 9.17) is 11.6 Å². The van der Waals surface area contributed by atoms with Gasteiger partial charge in [0.15, 0.2) is 0 Å². The molecule has 0 radical (unpaired) electrons. The summed E-state index contributed by atoms with van der Waals surface area (Å²) in [5.41, 5.74) is 2.05. The summed E-state index contributed by atoms with van der Waals surface area (Å²) in [5.74, 6) is 0.0231. The highest BCUT2D eigenvalue weighted by atomic mass is 35.5. The molecule has 1 heterocycles. The van der Waals surface area contributed by atoms with Crippen molar-refractivity contribution >= 4 is 11.6 Å². The molecule has 2 aromatic rings. The van der Waals surface area contributed by atoms with E-state index in [1.165, 1.54) is 6.07 Å². The lowest BCUT2D eigenvalue weighted by atomic mass is 10.1. The highest BCUT2D eigenvalue weighted by Crippen LogP contribution is 2.27. The fourth-order valence-corrected chi connectivity index (χ4v) is 1.79.